The predicted molar refractivity (Wildman–Crippen MR) is 66.5 cm³/mol. The summed E-state index contributed by atoms with van der Waals surface area (Å²) >= 11 is 0. The Morgan fingerprint density at radius 1 is 1.28 bits per heavy atom. The summed E-state index contributed by atoms with van der Waals surface area (Å²) in [5, 5.41) is 13.2. The molecule has 96 valence electrons. The van der Waals surface area contributed by atoms with Gasteiger partial charge < -0.3 is 10.2 Å². The van der Waals surface area contributed by atoms with E-state index in [1.807, 2.05) is 0 Å². The largest absolute Gasteiger partial charge is 0.327 e. The van der Waals surface area contributed by atoms with Gasteiger partial charge in [0.15, 0.2) is 6.54 Å². The van der Waals surface area contributed by atoms with E-state index in [1.54, 1.807) is 12.1 Å². The van der Waals surface area contributed by atoms with Crippen molar-refractivity contribution in [2.75, 3.05) is 25.0 Å². The second-order valence-electron chi connectivity index (χ2n) is 4.49. The number of rotatable bonds is 4. The average Bonchev–Trinajstić information content (AvgIpc) is 2.82. The van der Waals surface area contributed by atoms with E-state index in [0.717, 1.165) is 13.1 Å². The molecule has 2 N–H and O–H groups in total. The minimum atomic E-state index is -0.458. The molecular weight excluding hydrogens is 234 g/mol. The van der Waals surface area contributed by atoms with Crippen LogP contribution in [-0.4, -0.2) is 30.5 Å². The maximum atomic E-state index is 11.7. The molecule has 0 aliphatic carbocycles. The summed E-state index contributed by atoms with van der Waals surface area (Å²) in [6.07, 6.45) is 2.36. The Morgan fingerprint density at radius 2 is 1.89 bits per heavy atom. The number of nitrogens with zero attached hydrogens (tertiary/aromatic N) is 1. The molecule has 0 atom stereocenters. The van der Waals surface area contributed by atoms with Crippen LogP contribution in [-0.2, 0) is 4.79 Å². The highest BCUT2D eigenvalue weighted by atomic mass is 16.6. The van der Waals surface area contributed by atoms with E-state index < -0.39 is 4.92 Å². The predicted octanol–water partition coefficient (Wildman–Crippen LogP) is 0.212. The van der Waals surface area contributed by atoms with Crippen LogP contribution in [0.4, 0.5) is 11.4 Å². The summed E-state index contributed by atoms with van der Waals surface area (Å²) in [5.74, 6) is -0.0410. The van der Waals surface area contributed by atoms with Gasteiger partial charge in [-0.25, -0.2) is 0 Å². The number of nitrogens with one attached hydrogen (secondary N) is 2. The van der Waals surface area contributed by atoms with Crippen LogP contribution >= 0.6 is 0 Å². The first-order valence-corrected chi connectivity index (χ1v) is 6.03. The maximum Gasteiger partial charge on any atom is 0.279 e. The van der Waals surface area contributed by atoms with E-state index in [0.29, 0.717) is 12.2 Å². The van der Waals surface area contributed by atoms with Crippen molar-refractivity contribution in [1.82, 2.24) is 0 Å². The molecule has 18 heavy (non-hydrogen) atoms. The lowest BCUT2D eigenvalue weighted by Crippen LogP contribution is -3.11. The molecule has 0 radical (unpaired) electrons. The van der Waals surface area contributed by atoms with Crippen molar-refractivity contribution in [2.45, 2.75) is 12.8 Å². The van der Waals surface area contributed by atoms with Gasteiger partial charge >= 0.3 is 0 Å². The number of amides is 1. The zero-order chi connectivity index (χ0) is 13.0. The summed E-state index contributed by atoms with van der Waals surface area (Å²) in [6.45, 7) is 2.57. The highest BCUT2D eigenvalue weighted by molar-refractivity contribution is 5.91. The Kier molecular flexibility index (Phi) is 3.88. The first-order chi connectivity index (χ1) is 8.65. The summed E-state index contributed by atoms with van der Waals surface area (Å²) in [4.78, 5) is 23.0. The van der Waals surface area contributed by atoms with Crippen LogP contribution in [0.1, 0.15) is 12.8 Å². The molecule has 1 aliphatic rings. The molecule has 0 saturated carbocycles. The number of carbonyl (C=O) groups is 1. The normalized spacial score (nSPS) is 15.6. The Labute approximate surface area is 105 Å². The first-order valence-electron chi connectivity index (χ1n) is 6.03. The van der Waals surface area contributed by atoms with Gasteiger partial charge in [-0.15, -0.1) is 0 Å². The number of carbonyl (C=O) groups excluding carboxylic acids is 1. The number of benzene rings is 1. The lowest BCUT2D eigenvalue weighted by molar-refractivity contribution is -0.878. The molecule has 1 aliphatic heterocycles. The summed E-state index contributed by atoms with van der Waals surface area (Å²) < 4.78 is 0. The van der Waals surface area contributed by atoms with Crippen LogP contribution < -0.4 is 10.2 Å². The molecule has 6 nitrogen and oxygen atoms in total. The number of hydrogen-bond acceptors (Lipinski definition) is 3. The standard InChI is InChI=1S/C12H15N3O3/c16-12(9-14-7-1-2-8-14)13-10-3-5-11(6-4-10)15(17)18/h3-6H,1-2,7-9H2,(H,13,16)/p+1. The fraction of sp³-hybridized carbons (Fsp3) is 0.417. The number of anilines is 1. The van der Waals surface area contributed by atoms with E-state index in [1.165, 1.54) is 29.9 Å². The van der Waals surface area contributed by atoms with Gasteiger partial charge in [0.25, 0.3) is 11.6 Å². The molecule has 1 saturated heterocycles. The number of quaternary nitrogens is 1. The van der Waals surface area contributed by atoms with Gasteiger partial charge in [-0.3, -0.25) is 14.9 Å². The SMILES string of the molecule is O=C(C[NH+]1CCCC1)Nc1ccc([N+](=O)[O-])cc1. The fourth-order valence-electron chi connectivity index (χ4n) is 2.15. The van der Waals surface area contributed by atoms with Gasteiger partial charge in [-0.05, 0) is 12.1 Å². The molecule has 1 aromatic carbocycles. The van der Waals surface area contributed by atoms with E-state index in [-0.39, 0.29) is 11.6 Å². The van der Waals surface area contributed by atoms with Crippen LogP contribution in [0.15, 0.2) is 24.3 Å². The quantitative estimate of drug-likeness (QED) is 0.592. The lowest BCUT2D eigenvalue weighted by atomic mass is 10.3. The number of hydrogen-bond donors (Lipinski definition) is 2. The molecular formula is C12H16N3O3+. The second kappa shape index (κ2) is 5.59. The van der Waals surface area contributed by atoms with Crippen LogP contribution in [0.3, 0.4) is 0 Å². The van der Waals surface area contributed by atoms with E-state index in [2.05, 4.69) is 5.32 Å². The molecule has 1 aromatic rings. The van der Waals surface area contributed by atoms with Crippen molar-refractivity contribution < 1.29 is 14.6 Å². The van der Waals surface area contributed by atoms with Gasteiger partial charge in [0, 0.05) is 30.7 Å². The molecule has 1 amide bonds. The van der Waals surface area contributed by atoms with Gasteiger partial charge in [-0.1, -0.05) is 0 Å². The van der Waals surface area contributed by atoms with Gasteiger partial charge in [0.1, 0.15) is 0 Å². The summed E-state index contributed by atoms with van der Waals surface area (Å²) in [6, 6.07) is 5.88. The third kappa shape index (κ3) is 3.27. The van der Waals surface area contributed by atoms with Gasteiger partial charge in [0.2, 0.25) is 0 Å². The summed E-state index contributed by atoms with van der Waals surface area (Å²) in [5.41, 5.74) is 0.627. The monoisotopic (exact) mass is 250 g/mol. The maximum absolute atomic E-state index is 11.7. The van der Waals surface area contributed by atoms with Gasteiger partial charge in [0.05, 0.1) is 18.0 Å². The number of nitro groups is 1. The molecule has 2 rings (SSSR count). The molecule has 0 bridgehead atoms. The number of non-ortho nitro benzene ring substituents is 1. The third-order valence-electron chi connectivity index (χ3n) is 3.08. The third-order valence-corrected chi connectivity index (χ3v) is 3.08. The lowest BCUT2D eigenvalue weighted by Gasteiger charge is -2.11. The van der Waals surface area contributed by atoms with E-state index in [4.69, 9.17) is 0 Å². The smallest absolute Gasteiger partial charge is 0.279 e. The minimum Gasteiger partial charge on any atom is -0.327 e. The highest BCUT2D eigenvalue weighted by Gasteiger charge is 2.18. The first kappa shape index (κ1) is 12.5. The van der Waals surface area contributed by atoms with Crippen molar-refractivity contribution in [1.29, 1.82) is 0 Å². The zero-order valence-electron chi connectivity index (χ0n) is 10.0. The van der Waals surface area contributed by atoms with Crippen molar-refractivity contribution in [3.63, 3.8) is 0 Å². The van der Waals surface area contributed by atoms with Crippen molar-refractivity contribution in [3.05, 3.63) is 34.4 Å². The Morgan fingerprint density at radius 3 is 2.44 bits per heavy atom. The number of likely N-dealkylation sites (tertiary alicyclic amines) is 1. The van der Waals surface area contributed by atoms with Crippen LogP contribution in [0.5, 0.6) is 0 Å². The second-order valence-corrected chi connectivity index (χ2v) is 4.49. The zero-order valence-corrected chi connectivity index (χ0v) is 10.0. The van der Waals surface area contributed by atoms with Crippen molar-refractivity contribution in [3.8, 4) is 0 Å². The van der Waals surface area contributed by atoms with Crippen molar-refractivity contribution in [2.24, 2.45) is 0 Å². The highest BCUT2D eigenvalue weighted by Crippen LogP contribution is 2.14. The van der Waals surface area contributed by atoms with Crippen molar-refractivity contribution >= 4 is 17.3 Å². The minimum absolute atomic E-state index is 0.0261. The van der Waals surface area contributed by atoms with Crippen LogP contribution in [0, 0.1) is 10.1 Å². The molecule has 1 heterocycles. The van der Waals surface area contributed by atoms with E-state index in [9.17, 15) is 14.9 Å². The molecule has 1 fully saturated rings. The van der Waals surface area contributed by atoms with Crippen LogP contribution in [0.25, 0.3) is 0 Å². The Balaban J connectivity index is 1.88. The molecule has 6 heteroatoms. The van der Waals surface area contributed by atoms with Crippen LogP contribution in [0.2, 0.25) is 0 Å². The molecule has 0 aromatic heterocycles. The number of nitro benzene ring substituents is 1. The summed E-state index contributed by atoms with van der Waals surface area (Å²) in [7, 11) is 0. The van der Waals surface area contributed by atoms with E-state index >= 15 is 0 Å². The Bertz CT molecular complexity index is 438. The average molecular weight is 250 g/mol. The fourth-order valence-corrected chi connectivity index (χ4v) is 2.15. The molecule has 0 unspecified atom stereocenters. The Hall–Kier alpha value is -1.95. The molecule has 0 spiro atoms. The topological polar surface area (TPSA) is 76.7 Å². The van der Waals surface area contributed by atoms with Gasteiger partial charge in [-0.2, -0.15) is 0 Å².